The van der Waals surface area contributed by atoms with E-state index in [0.29, 0.717) is 0 Å². The molecule has 1 fully saturated rings. The molecule has 1 aliphatic heterocycles. The van der Waals surface area contributed by atoms with Gasteiger partial charge in [-0.05, 0) is 19.3 Å². The molecule has 0 aliphatic carbocycles. The van der Waals surface area contributed by atoms with E-state index in [2.05, 4.69) is 15.0 Å². The highest BCUT2D eigenvalue weighted by molar-refractivity contribution is 5.72. The second-order valence-corrected chi connectivity index (χ2v) is 5.24. The molecule has 3 heterocycles. The molecule has 1 aromatic carbocycles. The maximum absolute atomic E-state index is 5.84. The van der Waals surface area contributed by atoms with Crippen molar-refractivity contribution >= 4 is 11.2 Å². The molecule has 5 heteroatoms. The lowest BCUT2D eigenvalue weighted by Crippen LogP contribution is -2.17. The van der Waals surface area contributed by atoms with Crippen molar-refractivity contribution in [1.29, 1.82) is 0 Å². The highest BCUT2D eigenvalue weighted by atomic mass is 16.5. The van der Waals surface area contributed by atoms with Gasteiger partial charge in [0.1, 0.15) is 11.7 Å². The summed E-state index contributed by atoms with van der Waals surface area (Å²) in [7, 11) is 0. The predicted octanol–water partition coefficient (Wildman–Crippen LogP) is 3.19. The van der Waals surface area contributed by atoms with E-state index in [0.717, 1.165) is 42.0 Å². The highest BCUT2D eigenvalue weighted by Gasteiger charge is 2.19. The van der Waals surface area contributed by atoms with Gasteiger partial charge in [0.15, 0.2) is 11.5 Å². The second kappa shape index (κ2) is 5.26. The van der Waals surface area contributed by atoms with E-state index in [1.54, 1.807) is 6.20 Å². The summed E-state index contributed by atoms with van der Waals surface area (Å²) in [6.07, 6.45) is 6.96. The highest BCUT2D eigenvalue weighted by Crippen LogP contribution is 2.26. The summed E-state index contributed by atoms with van der Waals surface area (Å²) in [6, 6.07) is 10.00. The molecule has 5 nitrogen and oxygen atoms in total. The molecule has 2 aromatic heterocycles. The number of imidazole rings is 1. The Hall–Kier alpha value is -2.27. The van der Waals surface area contributed by atoms with Crippen LogP contribution in [0.5, 0.6) is 0 Å². The topological polar surface area (TPSA) is 52.8 Å². The van der Waals surface area contributed by atoms with Gasteiger partial charge in [0.25, 0.3) is 0 Å². The fourth-order valence-electron chi connectivity index (χ4n) is 2.71. The Bertz CT molecular complexity index is 747. The Morgan fingerprint density at radius 2 is 2.00 bits per heavy atom. The van der Waals surface area contributed by atoms with Crippen LogP contribution in [0.2, 0.25) is 0 Å². The van der Waals surface area contributed by atoms with Gasteiger partial charge < -0.3 is 4.74 Å². The number of rotatable bonds is 2. The van der Waals surface area contributed by atoms with Crippen LogP contribution >= 0.6 is 0 Å². The first kappa shape index (κ1) is 12.5. The van der Waals surface area contributed by atoms with Crippen LogP contribution in [0.25, 0.3) is 22.6 Å². The van der Waals surface area contributed by atoms with Crippen molar-refractivity contribution in [1.82, 2.24) is 19.5 Å². The molecule has 1 saturated heterocycles. The SMILES string of the molecule is c1ccc(-c2ncc3ncn(C4CCCCO4)c3n2)cc1. The molecule has 0 bridgehead atoms. The monoisotopic (exact) mass is 280 g/mol. The van der Waals surface area contributed by atoms with E-state index in [1.807, 2.05) is 41.2 Å². The van der Waals surface area contributed by atoms with Gasteiger partial charge in [-0.25, -0.2) is 15.0 Å². The van der Waals surface area contributed by atoms with Crippen molar-refractivity contribution < 1.29 is 4.74 Å². The van der Waals surface area contributed by atoms with Crippen molar-refractivity contribution in [2.24, 2.45) is 0 Å². The summed E-state index contributed by atoms with van der Waals surface area (Å²) >= 11 is 0. The number of ether oxygens (including phenoxy) is 1. The van der Waals surface area contributed by atoms with Crippen LogP contribution in [-0.2, 0) is 4.74 Å². The van der Waals surface area contributed by atoms with Gasteiger partial charge in [-0.3, -0.25) is 4.57 Å². The third-order valence-electron chi connectivity index (χ3n) is 3.81. The van der Waals surface area contributed by atoms with E-state index < -0.39 is 0 Å². The van der Waals surface area contributed by atoms with E-state index >= 15 is 0 Å². The molecular weight excluding hydrogens is 264 g/mol. The van der Waals surface area contributed by atoms with Crippen molar-refractivity contribution in [3.63, 3.8) is 0 Å². The molecular formula is C16H16N4O. The predicted molar refractivity (Wildman–Crippen MR) is 79.6 cm³/mol. The van der Waals surface area contributed by atoms with Gasteiger partial charge in [0, 0.05) is 12.2 Å². The summed E-state index contributed by atoms with van der Waals surface area (Å²) in [5, 5.41) is 0. The summed E-state index contributed by atoms with van der Waals surface area (Å²) in [6.45, 7) is 0.807. The molecule has 1 atom stereocenters. The van der Waals surface area contributed by atoms with Crippen LogP contribution < -0.4 is 0 Å². The molecule has 21 heavy (non-hydrogen) atoms. The van der Waals surface area contributed by atoms with E-state index in [1.165, 1.54) is 6.42 Å². The molecule has 106 valence electrons. The minimum Gasteiger partial charge on any atom is -0.358 e. The van der Waals surface area contributed by atoms with Gasteiger partial charge in [0.2, 0.25) is 0 Å². The van der Waals surface area contributed by atoms with E-state index in [-0.39, 0.29) is 6.23 Å². The molecule has 0 radical (unpaired) electrons. The molecule has 0 saturated carbocycles. The molecule has 0 N–H and O–H groups in total. The lowest BCUT2D eigenvalue weighted by Gasteiger charge is -2.23. The first-order chi connectivity index (χ1) is 10.4. The van der Waals surface area contributed by atoms with Crippen LogP contribution in [0.4, 0.5) is 0 Å². The Morgan fingerprint density at radius 1 is 1.10 bits per heavy atom. The molecule has 3 aromatic rings. The fourth-order valence-corrected chi connectivity index (χ4v) is 2.71. The molecule has 4 rings (SSSR count). The normalized spacial score (nSPS) is 19.0. The number of nitrogens with zero attached hydrogens (tertiary/aromatic N) is 4. The average molecular weight is 280 g/mol. The zero-order valence-electron chi connectivity index (χ0n) is 11.6. The van der Waals surface area contributed by atoms with Crippen LogP contribution in [0.1, 0.15) is 25.5 Å². The molecule has 1 aliphatic rings. The summed E-state index contributed by atoms with van der Waals surface area (Å²) < 4.78 is 7.87. The number of benzene rings is 1. The fraction of sp³-hybridized carbons (Fsp3) is 0.312. The van der Waals surface area contributed by atoms with Gasteiger partial charge >= 0.3 is 0 Å². The largest absolute Gasteiger partial charge is 0.358 e. The third-order valence-corrected chi connectivity index (χ3v) is 3.81. The zero-order chi connectivity index (χ0) is 14.1. The van der Waals surface area contributed by atoms with Crippen LogP contribution in [-0.4, -0.2) is 26.1 Å². The smallest absolute Gasteiger partial charge is 0.166 e. The minimum absolute atomic E-state index is 0.0438. The van der Waals surface area contributed by atoms with Gasteiger partial charge in [-0.2, -0.15) is 0 Å². The van der Waals surface area contributed by atoms with E-state index in [4.69, 9.17) is 4.74 Å². The van der Waals surface area contributed by atoms with Crippen LogP contribution in [0.3, 0.4) is 0 Å². The summed E-state index contributed by atoms with van der Waals surface area (Å²) in [5.74, 6) is 0.723. The summed E-state index contributed by atoms with van der Waals surface area (Å²) in [4.78, 5) is 13.5. The average Bonchev–Trinajstić information content (AvgIpc) is 2.99. The Labute approximate surface area is 122 Å². The maximum atomic E-state index is 5.84. The quantitative estimate of drug-likeness (QED) is 0.723. The summed E-state index contributed by atoms with van der Waals surface area (Å²) in [5.41, 5.74) is 2.66. The third kappa shape index (κ3) is 2.29. The molecule has 1 unspecified atom stereocenters. The van der Waals surface area contributed by atoms with Crippen LogP contribution in [0, 0.1) is 0 Å². The van der Waals surface area contributed by atoms with Crippen LogP contribution in [0.15, 0.2) is 42.9 Å². The standard InChI is InChI=1S/C16H16N4O/c1-2-6-12(7-3-1)15-17-10-13-16(19-15)20(11-18-13)14-8-4-5-9-21-14/h1-3,6-7,10-11,14H,4-5,8-9H2. The van der Waals surface area contributed by atoms with Crippen molar-refractivity contribution in [2.75, 3.05) is 6.61 Å². The Kier molecular flexibility index (Phi) is 3.12. The lowest BCUT2D eigenvalue weighted by atomic mass is 10.2. The number of fused-ring (bicyclic) bond motifs is 1. The van der Waals surface area contributed by atoms with Gasteiger partial charge in [-0.1, -0.05) is 30.3 Å². The van der Waals surface area contributed by atoms with E-state index in [9.17, 15) is 0 Å². The lowest BCUT2D eigenvalue weighted by molar-refractivity contribution is -0.0298. The van der Waals surface area contributed by atoms with Crippen molar-refractivity contribution in [3.8, 4) is 11.4 Å². The second-order valence-electron chi connectivity index (χ2n) is 5.24. The van der Waals surface area contributed by atoms with Gasteiger partial charge in [0.05, 0.1) is 12.5 Å². The van der Waals surface area contributed by atoms with Crippen molar-refractivity contribution in [2.45, 2.75) is 25.5 Å². The Balaban J connectivity index is 1.79. The first-order valence-electron chi connectivity index (χ1n) is 7.28. The Morgan fingerprint density at radius 3 is 2.81 bits per heavy atom. The minimum atomic E-state index is 0.0438. The number of hydrogen-bond acceptors (Lipinski definition) is 4. The number of hydrogen-bond donors (Lipinski definition) is 0. The van der Waals surface area contributed by atoms with Crippen molar-refractivity contribution in [3.05, 3.63) is 42.9 Å². The maximum Gasteiger partial charge on any atom is 0.166 e. The number of aromatic nitrogens is 4. The molecule has 0 amide bonds. The zero-order valence-corrected chi connectivity index (χ0v) is 11.6. The molecule has 0 spiro atoms. The first-order valence-corrected chi connectivity index (χ1v) is 7.28. The van der Waals surface area contributed by atoms with Gasteiger partial charge in [-0.15, -0.1) is 0 Å².